The molecule has 1 aliphatic heterocycles. The Balaban J connectivity index is 1.43. The van der Waals surface area contributed by atoms with E-state index in [0.717, 1.165) is 19.4 Å². The van der Waals surface area contributed by atoms with Crippen molar-refractivity contribution in [3.63, 3.8) is 0 Å². The van der Waals surface area contributed by atoms with Gasteiger partial charge in [0.05, 0.1) is 26.2 Å². The SMILES string of the molecule is COc1ccccc1OCCNC(=O)CN1CCC[C@H]1c1cccn1C. The van der Waals surface area contributed by atoms with Crippen LogP contribution in [0.4, 0.5) is 0 Å². The minimum atomic E-state index is 0.0368. The van der Waals surface area contributed by atoms with Gasteiger partial charge in [0, 0.05) is 18.9 Å². The van der Waals surface area contributed by atoms with Crippen LogP contribution >= 0.6 is 0 Å². The van der Waals surface area contributed by atoms with Crippen molar-refractivity contribution in [2.45, 2.75) is 18.9 Å². The quantitative estimate of drug-likeness (QED) is 0.737. The molecule has 1 N–H and O–H groups in total. The molecule has 1 aliphatic rings. The third kappa shape index (κ3) is 4.38. The number of benzene rings is 1. The molecular weight excluding hydrogens is 330 g/mol. The molecule has 0 bridgehead atoms. The van der Waals surface area contributed by atoms with Gasteiger partial charge in [0.25, 0.3) is 0 Å². The van der Waals surface area contributed by atoms with E-state index >= 15 is 0 Å². The molecule has 2 aromatic rings. The smallest absolute Gasteiger partial charge is 0.234 e. The number of hydrogen-bond acceptors (Lipinski definition) is 4. The summed E-state index contributed by atoms with van der Waals surface area (Å²) in [6, 6.07) is 12.0. The third-order valence-corrected chi connectivity index (χ3v) is 4.79. The number of nitrogens with zero attached hydrogens (tertiary/aromatic N) is 2. The Morgan fingerprint density at radius 2 is 2.04 bits per heavy atom. The number of aromatic nitrogens is 1. The van der Waals surface area contributed by atoms with Gasteiger partial charge in [-0.25, -0.2) is 0 Å². The second kappa shape index (κ2) is 8.76. The molecule has 0 aliphatic carbocycles. The first kappa shape index (κ1) is 18.3. The van der Waals surface area contributed by atoms with E-state index in [2.05, 4.69) is 40.2 Å². The van der Waals surface area contributed by atoms with Crippen LogP contribution in [-0.2, 0) is 11.8 Å². The van der Waals surface area contributed by atoms with E-state index in [9.17, 15) is 4.79 Å². The summed E-state index contributed by atoms with van der Waals surface area (Å²) in [5.74, 6) is 1.42. The first-order valence-corrected chi connectivity index (χ1v) is 9.07. The predicted octanol–water partition coefficient (Wildman–Crippen LogP) is 2.37. The van der Waals surface area contributed by atoms with Crippen molar-refractivity contribution < 1.29 is 14.3 Å². The molecule has 1 atom stereocenters. The minimum Gasteiger partial charge on any atom is -0.493 e. The monoisotopic (exact) mass is 357 g/mol. The highest BCUT2D eigenvalue weighted by atomic mass is 16.5. The molecule has 0 radical (unpaired) electrons. The molecule has 1 aromatic heterocycles. The Kier molecular flexibility index (Phi) is 6.17. The van der Waals surface area contributed by atoms with Crippen molar-refractivity contribution >= 4 is 5.91 Å². The lowest BCUT2D eigenvalue weighted by Crippen LogP contribution is -2.38. The second-order valence-electron chi connectivity index (χ2n) is 6.52. The van der Waals surface area contributed by atoms with Crippen molar-refractivity contribution in [2.24, 2.45) is 7.05 Å². The van der Waals surface area contributed by atoms with E-state index in [4.69, 9.17) is 9.47 Å². The van der Waals surface area contributed by atoms with E-state index in [-0.39, 0.29) is 5.91 Å². The van der Waals surface area contributed by atoms with Crippen LogP contribution in [0.5, 0.6) is 11.5 Å². The molecule has 1 fully saturated rings. The summed E-state index contributed by atoms with van der Waals surface area (Å²) in [6.45, 7) is 2.26. The van der Waals surface area contributed by atoms with E-state index in [1.54, 1.807) is 7.11 Å². The average Bonchev–Trinajstić information content (AvgIpc) is 3.27. The molecule has 0 saturated carbocycles. The van der Waals surface area contributed by atoms with Gasteiger partial charge in [0.15, 0.2) is 11.5 Å². The summed E-state index contributed by atoms with van der Waals surface area (Å²) in [5.41, 5.74) is 1.27. The molecule has 26 heavy (non-hydrogen) atoms. The van der Waals surface area contributed by atoms with Crippen LogP contribution in [0.15, 0.2) is 42.6 Å². The van der Waals surface area contributed by atoms with Gasteiger partial charge in [-0.15, -0.1) is 0 Å². The molecule has 1 aromatic carbocycles. The zero-order valence-corrected chi connectivity index (χ0v) is 15.5. The van der Waals surface area contributed by atoms with E-state index in [1.165, 1.54) is 5.69 Å². The van der Waals surface area contributed by atoms with Crippen molar-refractivity contribution in [3.8, 4) is 11.5 Å². The average molecular weight is 357 g/mol. The van der Waals surface area contributed by atoms with Gasteiger partial charge in [0.2, 0.25) is 5.91 Å². The van der Waals surface area contributed by atoms with Crippen LogP contribution < -0.4 is 14.8 Å². The third-order valence-electron chi connectivity index (χ3n) is 4.79. The summed E-state index contributed by atoms with van der Waals surface area (Å²) in [5, 5.41) is 2.94. The fourth-order valence-electron chi connectivity index (χ4n) is 3.50. The summed E-state index contributed by atoms with van der Waals surface area (Å²) in [4.78, 5) is 14.5. The lowest BCUT2D eigenvalue weighted by atomic mass is 10.1. The minimum absolute atomic E-state index is 0.0368. The summed E-state index contributed by atoms with van der Waals surface area (Å²) < 4.78 is 13.1. The van der Waals surface area contributed by atoms with E-state index in [1.807, 2.05) is 24.3 Å². The molecule has 6 nitrogen and oxygen atoms in total. The van der Waals surface area contributed by atoms with Crippen LogP contribution in [0, 0.1) is 0 Å². The molecular formula is C20H27N3O3. The van der Waals surface area contributed by atoms with Crippen molar-refractivity contribution in [1.29, 1.82) is 0 Å². The highest BCUT2D eigenvalue weighted by Gasteiger charge is 2.28. The van der Waals surface area contributed by atoms with Crippen molar-refractivity contribution in [1.82, 2.24) is 14.8 Å². The molecule has 3 rings (SSSR count). The van der Waals surface area contributed by atoms with E-state index < -0.39 is 0 Å². The number of rotatable bonds is 8. The summed E-state index contributed by atoms with van der Waals surface area (Å²) >= 11 is 0. The van der Waals surface area contributed by atoms with Crippen molar-refractivity contribution in [2.75, 3.05) is 33.4 Å². The van der Waals surface area contributed by atoms with Crippen LogP contribution in [0.2, 0.25) is 0 Å². The molecule has 1 saturated heterocycles. The molecule has 6 heteroatoms. The number of ether oxygens (including phenoxy) is 2. The Hall–Kier alpha value is -2.47. The van der Waals surface area contributed by atoms with Gasteiger partial charge >= 0.3 is 0 Å². The zero-order chi connectivity index (χ0) is 18.4. The number of amides is 1. The first-order valence-electron chi connectivity index (χ1n) is 9.07. The first-order chi connectivity index (χ1) is 12.7. The maximum absolute atomic E-state index is 12.3. The van der Waals surface area contributed by atoms with Crippen LogP contribution in [0.3, 0.4) is 0 Å². The number of nitrogens with one attached hydrogen (secondary N) is 1. The van der Waals surface area contributed by atoms with Gasteiger partial charge < -0.3 is 19.4 Å². The molecule has 0 spiro atoms. The molecule has 1 amide bonds. The molecule has 140 valence electrons. The number of methoxy groups -OCH3 is 1. The van der Waals surface area contributed by atoms with Crippen LogP contribution in [0.25, 0.3) is 0 Å². The zero-order valence-electron chi connectivity index (χ0n) is 15.5. The number of para-hydroxylation sites is 2. The molecule has 2 heterocycles. The maximum Gasteiger partial charge on any atom is 0.234 e. The Morgan fingerprint density at radius 1 is 1.23 bits per heavy atom. The van der Waals surface area contributed by atoms with Crippen LogP contribution in [-0.4, -0.2) is 48.7 Å². The highest BCUT2D eigenvalue weighted by Crippen LogP contribution is 2.31. The number of carbonyl (C=O) groups is 1. The standard InChI is InChI=1S/C20H27N3O3/c1-22-12-5-7-16(22)17-8-6-13-23(17)15-20(24)21-11-14-26-19-10-4-3-9-18(19)25-2/h3-5,7,9-10,12,17H,6,8,11,13-15H2,1-2H3,(H,21,24)/t17-/m0/s1. The van der Waals surface area contributed by atoms with Gasteiger partial charge in [-0.1, -0.05) is 12.1 Å². The lowest BCUT2D eigenvalue weighted by Gasteiger charge is -2.24. The summed E-state index contributed by atoms with van der Waals surface area (Å²) in [7, 11) is 3.67. The van der Waals surface area contributed by atoms with Gasteiger partial charge in [-0.05, 0) is 43.7 Å². The van der Waals surface area contributed by atoms with Gasteiger partial charge in [0.1, 0.15) is 6.61 Å². The highest BCUT2D eigenvalue weighted by molar-refractivity contribution is 5.78. The van der Waals surface area contributed by atoms with E-state index in [0.29, 0.717) is 37.2 Å². The molecule has 0 unspecified atom stereocenters. The number of aryl methyl sites for hydroxylation is 1. The summed E-state index contributed by atoms with van der Waals surface area (Å²) in [6.07, 6.45) is 4.28. The number of hydrogen-bond donors (Lipinski definition) is 1. The van der Waals surface area contributed by atoms with Gasteiger partial charge in [-0.2, -0.15) is 0 Å². The maximum atomic E-state index is 12.3. The fraction of sp³-hybridized carbons (Fsp3) is 0.450. The topological polar surface area (TPSA) is 55.7 Å². The van der Waals surface area contributed by atoms with Gasteiger partial charge in [-0.3, -0.25) is 9.69 Å². The number of carbonyl (C=O) groups excluding carboxylic acids is 1. The number of likely N-dealkylation sites (tertiary alicyclic amines) is 1. The lowest BCUT2D eigenvalue weighted by molar-refractivity contribution is -0.122. The second-order valence-corrected chi connectivity index (χ2v) is 6.52. The van der Waals surface area contributed by atoms with Crippen LogP contribution in [0.1, 0.15) is 24.6 Å². The largest absolute Gasteiger partial charge is 0.493 e. The van der Waals surface area contributed by atoms with Crippen molar-refractivity contribution in [3.05, 3.63) is 48.3 Å². The predicted molar refractivity (Wildman–Crippen MR) is 100 cm³/mol. The Morgan fingerprint density at radius 3 is 2.77 bits per heavy atom. The Bertz CT molecular complexity index is 729. The normalized spacial score (nSPS) is 17.2. The fourth-order valence-corrected chi connectivity index (χ4v) is 3.50. The Labute approximate surface area is 154 Å².